The summed E-state index contributed by atoms with van der Waals surface area (Å²) in [5.41, 5.74) is 0.245. The molecule has 1 heterocycles. The molecule has 0 fully saturated rings. The van der Waals surface area contributed by atoms with E-state index in [1.54, 1.807) is 0 Å². The highest BCUT2D eigenvalue weighted by molar-refractivity contribution is 7.99. The normalized spacial score (nSPS) is 10.3. The maximum atomic E-state index is 11.5. The zero-order chi connectivity index (χ0) is 11.5. The van der Waals surface area contributed by atoms with E-state index in [-0.39, 0.29) is 5.56 Å². The van der Waals surface area contributed by atoms with Gasteiger partial charge in [0.15, 0.2) is 0 Å². The van der Waals surface area contributed by atoms with Crippen molar-refractivity contribution in [3.63, 3.8) is 0 Å². The first-order chi connectivity index (χ1) is 7.66. The standard InChI is InChI=1S/C11H10N2O2S/c1-7-4-2-3-5-8(7)16-9-6-12-11(15)13-10(9)14/h2-6H,1H3,(H2,12,13,14,15). The SMILES string of the molecule is Cc1ccccc1Sc1c[nH]c(=O)[nH]c1=O. The molecule has 0 saturated carbocycles. The van der Waals surface area contributed by atoms with Crippen LogP contribution < -0.4 is 11.2 Å². The summed E-state index contributed by atoms with van der Waals surface area (Å²) in [4.78, 5) is 28.4. The number of hydrogen-bond acceptors (Lipinski definition) is 3. The van der Waals surface area contributed by atoms with Crippen LogP contribution in [0, 0.1) is 6.92 Å². The second kappa shape index (κ2) is 4.40. The predicted molar refractivity (Wildman–Crippen MR) is 63.0 cm³/mol. The number of aromatic amines is 2. The third kappa shape index (κ3) is 2.25. The third-order valence-corrected chi connectivity index (χ3v) is 3.30. The molecule has 5 heteroatoms. The molecule has 0 amide bonds. The lowest BCUT2D eigenvalue weighted by molar-refractivity contribution is 0.976. The highest BCUT2D eigenvalue weighted by Crippen LogP contribution is 2.26. The Hall–Kier alpha value is -1.75. The molecule has 1 aromatic carbocycles. The molecule has 0 spiro atoms. The molecule has 0 aliphatic heterocycles. The maximum absolute atomic E-state index is 11.5. The van der Waals surface area contributed by atoms with Gasteiger partial charge in [0.25, 0.3) is 5.56 Å². The van der Waals surface area contributed by atoms with Crippen LogP contribution in [0.4, 0.5) is 0 Å². The Morgan fingerprint density at radius 1 is 1.12 bits per heavy atom. The average Bonchev–Trinajstić information content (AvgIpc) is 2.25. The van der Waals surface area contributed by atoms with Gasteiger partial charge < -0.3 is 4.98 Å². The Morgan fingerprint density at radius 2 is 1.88 bits per heavy atom. The molecule has 0 radical (unpaired) electrons. The summed E-state index contributed by atoms with van der Waals surface area (Å²) < 4.78 is 0. The second-order valence-electron chi connectivity index (χ2n) is 3.30. The lowest BCUT2D eigenvalue weighted by Gasteiger charge is -2.03. The number of aryl methyl sites for hydroxylation is 1. The van der Waals surface area contributed by atoms with Gasteiger partial charge in [-0.25, -0.2) is 4.79 Å². The van der Waals surface area contributed by atoms with Crippen LogP contribution in [0.2, 0.25) is 0 Å². The minimum Gasteiger partial charge on any atom is -0.313 e. The highest BCUT2D eigenvalue weighted by Gasteiger charge is 2.04. The van der Waals surface area contributed by atoms with Gasteiger partial charge in [-0.3, -0.25) is 9.78 Å². The van der Waals surface area contributed by atoms with Crippen molar-refractivity contribution in [2.75, 3.05) is 0 Å². The molecule has 0 bridgehead atoms. The van der Waals surface area contributed by atoms with Crippen molar-refractivity contribution in [1.29, 1.82) is 0 Å². The van der Waals surface area contributed by atoms with Crippen LogP contribution in [0.25, 0.3) is 0 Å². The number of benzene rings is 1. The Bertz CT molecular complexity index is 616. The van der Waals surface area contributed by atoms with Gasteiger partial charge in [-0.15, -0.1) is 0 Å². The molecule has 2 aromatic rings. The van der Waals surface area contributed by atoms with Crippen molar-refractivity contribution in [3.05, 3.63) is 56.9 Å². The fourth-order valence-corrected chi connectivity index (χ4v) is 2.14. The number of H-pyrrole nitrogens is 2. The summed E-state index contributed by atoms with van der Waals surface area (Å²) in [5.74, 6) is 0. The monoisotopic (exact) mass is 234 g/mol. The predicted octanol–water partition coefficient (Wildman–Crippen LogP) is 1.52. The Kier molecular flexibility index (Phi) is 2.96. The van der Waals surface area contributed by atoms with E-state index in [2.05, 4.69) is 9.97 Å². The van der Waals surface area contributed by atoms with E-state index in [1.807, 2.05) is 31.2 Å². The van der Waals surface area contributed by atoms with Crippen molar-refractivity contribution in [2.45, 2.75) is 16.7 Å². The molecule has 82 valence electrons. The number of rotatable bonds is 2. The summed E-state index contributed by atoms with van der Waals surface area (Å²) in [5, 5.41) is 0. The van der Waals surface area contributed by atoms with Crippen molar-refractivity contribution in [3.8, 4) is 0 Å². The smallest absolute Gasteiger partial charge is 0.313 e. The lowest BCUT2D eigenvalue weighted by Crippen LogP contribution is -2.22. The van der Waals surface area contributed by atoms with Crippen molar-refractivity contribution < 1.29 is 0 Å². The summed E-state index contributed by atoms with van der Waals surface area (Å²) in [7, 11) is 0. The molecule has 4 nitrogen and oxygen atoms in total. The second-order valence-corrected chi connectivity index (χ2v) is 4.39. The molecule has 2 N–H and O–H groups in total. The number of hydrogen-bond donors (Lipinski definition) is 2. The first kappa shape index (κ1) is 10.8. The number of nitrogens with one attached hydrogen (secondary N) is 2. The zero-order valence-corrected chi connectivity index (χ0v) is 9.43. The first-order valence-corrected chi connectivity index (χ1v) is 5.54. The van der Waals surface area contributed by atoms with E-state index in [0.29, 0.717) is 4.90 Å². The molecule has 2 rings (SSSR count). The van der Waals surface area contributed by atoms with Gasteiger partial charge in [-0.1, -0.05) is 30.0 Å². The topological polar surface area (TPSA) is 65.7 Å². The molecular weight excluding hydrogens is 224 g/mol. The van der Waals surface area contributed by atoms with Gasteiger partial charge in [0, 0.05) is 11.1 Å². The van der Waals surface area contributed by atoms with Gasteiger partial charge in [0.2, 0.25) is 0 Å². The number of aromatic nitrogens is 2. The Labute approximate surface area is 95.7 Å². The summed E-state index contributed by atoms with van der Waals surface area (Å²) in [6.07, 6.45) is 1.43. The Morgan fingerprint density at radius 3 is 2.56 bits per heavy atom. The maximum Gasteiger partial charge on any atom is 0.325 e. The van der Waals surface area contributed by atoms with Crippen LogP contribution in [0.15, 0.2) is 49.8 Å². The van der Waals surface area contributed by atoms with E-state index in [0.717, 1.165) is 10.5 Å². The summed E-state index contributed by atoms with van der Waals surface area (Å²) in [6, 6.07) is 7.76. The molecule has 0 atom stereocenters. The van der Waals surface area contributed by atoms with E-state index in [4.69, 9.17) is 0 Å². The van der Waals surface area contributed by atoms with Gasteiger partial charge in [-0.05, 0) is 18.6 Å². The Balaban J connectivity index is 2.38. The average molecular weight is 234 g/mol. The summed E-state index contributed by atoms with van der Waals surface area (Å²) in [6.45, 7) is 1.97. The van der Waals surface area contributed by atoms with E-state index in [1.165, 1.54) is 18.0 Å². The molecule has 0 aliphatic rings. The fraction of sp³-hybridized carbons (Fsp3) is 0.0909. The van der Waals surface area contributed by atoms with E-state index >= 15 is 0 Å². The van der Waals surface area contributed by atoms with Crippen LogP contribution in [-0.4, -0.2) is 9.97 Å². The minimum atomic E-state index is -0.487. The molecule has 16 heavy (non-hydrogen) atoms. The molecule has 0 aliphatic carbocycles. The minimum absolute atomic E-state index is 0.364. The van der Waals surface area contributed by atoms with E-state index in [9.17, 15) is 9.59 Å². The molecule has 0 saturated heterocycles. The summed E-state index contributed by atoms with van der Waals surface area (Å²) >= 11 is 1.34. The fourth-order valence-electron chi connectivity index (χ4n) is 1.26. The lowest BCUT2D eigenvalue weighted by atomic mass is 10.2. The largest absolute Gasteiger partial charge is 0.325 e. The van der Waals surface area contributed by atoms with Crippen LogP contribution >= 0.6 is 11.8 Å². The van der Waals surface area contributed by atoms with Crippen LogP contribution in [0.3, 0.4) is 0 Å². The first-order valence-electron chi connectivity index (χ1n) is 4.72. The zero-order valence-electron chi connectivity index (χ0n) is 8.61. The quantitative estimate of drug-likeness (QED) is 0.828. The van der Waals surface area contributed by atoms with Crippen molar-refractivity contribution in [2.24, 2.45) is 0 Å². The molecule has 0 unspecified atom stereocenters. The van der Waals surface area contributed by atoms with E-state index < -0.39 is 5.69 Å². The van der Waals surface area contributed by atoms with Gasteiger partial charge in [-0.2, -0.15) is 0 Å². The van der Waals surface area contributed by atoms with Crippen LogP contribution in [-0.2, 0) is 0 Å². The van der Waals surface area contributed by atoms with Crippen molar-refractivity contribution >= 4 is 11.8 Å². The van der Waals surface area contributed by atoms with Crippen molar-refractivity contribution in [1.82, 2.24) is 9.97 Å². The van der Waals surface area contributed by atoms with Gasteiger partial charge >= 0.3 is 5.69 Å². The molecular formula is C11H10N2O2S. The van der Waals surface area contributed by atoms with Gasteiger partial charge in [0.05, 0.1) is 4.90 Å². The highest BCUT2D eigenvalue weighted by atomic mass is 32.2. The van der Waals surface area contributed by atoms with Crippen LogP contribution in [0.5, 0.6) is 0 Å². The van der Waals surface area contributed by atoms with Crippen LogP contribution in [0.1, 0.15) is 5.56 Å². The van der Waals surface area contributed by atoms with Gasteiger partial charge in [0.1, 0.15) is 0 Å². The third-order valence-electron chi connectivity index (χ3n) is 2.10. The molecule has 1 aromatic heterocycles.